The Bertz CT molecular complexity index is 786. The van der Waals surface area contributed by atoms with Crippen LogP contribution in [0.4, 0.5) is 0 Å². The second-order valence-electron chi connectivity index (χ2n) is 5.22. The van der Waals surface area contributed by atoms with Crippen LogP contribution in [-0.2, 0) is 16.1 Å². The van der Waals surface area contributed by atoms with Gasteiger partial charge in [-0.15, -0.1) is 0 Å². The first-order chi connectivity index (χ1) is 12.6. The second-order valence-corrected chi connectivity index (χ2v) is 5.63. The molecule has 0 atom stereocenters. The van der Waals surface area contributed by atoms with E-state index in [1.165, 1.54) is 20.3 Å². The van der Waals surface area contributed by atoms with Crippen LogP contribution >= 0.6 is 11.6 Å². The van der Waals surface area contributed by atoms with Crippen molar-refractivity contribution in [2.45, 2.75) is 13.5 Å². The van der Waals surface area contributed by atoms with Gasteiger partial charge < -0.3 is 18.9 Å². The van der Waals surface area contributed by atoms with Crippen LogP contribution in [0, 0.1) is 0 Å². The molecule has 0 aliphatic carbocycles. The normalized spacial score (nSPS) is 10.6. The summed E-state index contributed by atoms with van der Waals surface area (Å²) in [5.74, 6) is 1.17. The van der Waals surface area contributed by atoms with Crippen molar-refractivity contribution in [3.8, 4) is 17.2 Å². The number of hydrogen-bond acceptors (Lipinski definition) is 5. The fourth-order valence-electron chi connectivity index (χ4n) is 2.31. The summed E-state index contributed by atoms with van der Waals surface area (Å²) < 4.78 is 21.2. The molecular weight excluding hydrogens is 356 g/mol. The lowest BCUT2D eigenvalue weighted by molar-refractivity contribution is -0.138. The third-order valence-corrected chi connectivity index (χ3v) is 3.79. The first-order valence-corrected chi connectivity index (χ1v) is 8.43. The van der Waals surface area contributed by atoms with Gasteiger partial charge in [0.05, 0.1) is 25.8 Å². The molecule has 5 nitrogen and oxygen atoms in total. The van der Waals surface area contributed by atoms with Crippen LogP contribution in [-0.4, -0.2) is 26.8 Å². The highest BCUT2D eigenvalue weighted by Crippen LogP contribution is 2.36. The third kappa shape index (κ3) is 5.17. The summed E-state index contributed by atoms with van der Waals surface area (Å²) in [5.41, 5.74) is 1.50. The van der Waals surface area contributed by atoms with Gasteiger partial charge in [-0.05, 0) is 36.8 Å². The molecule has 0 saturated carbocycles. The van der Waals surface area contributed by atoms with Gasteiger partial charge in [-0.1, -0.05) is 29.8 Å². The zero-order chi connectivity index (χ0) is 18.9. The minimum Gasteiger partial charge on any atom is -0.493 e. The van der Waals surface area contributed by atoms with E-state index in [2.05, 4.69) is 0 Å². The molecule has 26 heavy (non-hydrogen) atoms. The van der Waals surface area contributed by atoms with Gasteiger partial charge in [-0.2, -0.15) is 0 Å². The minimum atomic E-state index is -0.470. The molecule has 0 amide bonds. The first kappa shape index (κ1) is 19.7. The van der Waals surface area contributed by atoms with E-state index >= 15 is 0 Å². The van der Waals surface area contributed by atoms with E-state index in [0.29, 0.717) is 34.4 Å². The minimum absolute atomic E-state index is 0.131. The molecular formula is C20H21ClO5. The van der Waals surface area contributed by atoms with E-state index in [1.54, 1.807) is 18.2 Å². The molecule has 0 bridgehead atoms. The topological polar surface area (TPSA) is 54.0 Å². The van der Waals surface area contributed by atoms with Gasteiger partial charge in [0.15, 0.2) is 11.5 Å². The van der Waals surface area contributed by atoms with E-state index < -0.39 is 5.97 Å². The van der Waals surface area contributed by atoms with Crippen molar-refractivity contribution in [3.63, 3.8) is 0 Å². The maximum Gasteiger partial charge on any atom is 0.331 e. The number of ether oxygens (including phenoxy) is 4. The first-order valence-electron chi connectivity index (χ1n) is 8.06. The molecule has 0 N–H and O–H groups in total. The number of halogens is 1. The fraction of sp³-hybridized carbons (Fsp3) is 0.250. The number of hydrogen-bond donors (Lipinski definition) is 0. The highest BCUT2D eigenvalue weighted by molar-refractivity contribution is 6.32. The lowest BCUT2D eigenvalue weighted by atomic mass is 10.2. The SMILES string of the molecule is CCOc1ccccc1COC(=O)/C=C/c1cc(Cl)c(OC)c(OC)c1. The lowest BCUT2D eigenvalue weighted by Crippen LogP contribution is -2.03. The van der Waals surface area contributed by atoms with Crippen molar-refractivity contribution >= 4 is 23.6 Å². The van der Waals surface area contributed by atoms with Crippen LogP contribution in [0.3, 0.4) is 0 Å². The molecule has 0 spiro atoms. The number of rotatable bonds is 8. The van der Waals surface area contributed by atoms with Crippen LogP contribution in [0.25, 0.3) is 6.08 Å². The highest BCUT2D eigenvalue weighted by Gasteiger charge is 2.10. The summed E-state index contributed by atoms with van der Waals surface area (Å²) in [6.45, 7) is 2.58. The summed E-state index contributed by atoms with van der Waals surface area (Å²) >= 11 is 6.15. The van der Waals surface area contributed by atoms with E-state index in [1.807, 2.05) is 31.2 Å². The average molecular weight is 377 g/mol. The van der Waals surface area contributed by atoms with Gasteiger partial charge in [0.25, 0.3) is 0 Å². The second kappa shape index (κ2) is 9.73. The third-order valence-electron chi connectivity index (χ3n) is 3.51. The van der Waals surface area contributed by atoms with Crippen LogP contribution in [0.15, 0.2) is 42.5 Å². The van der Waals surface area contributed by atoms with Crippen LogP contribution in [0.1, 0.15) is 18.1 Å². The predicted octanol–water partition coefficient (Wildman–Crippen LogP) is 4.51. The van der Waals surface area contributed by atoms with Gasteiger partial charge in [-0.3, -0.25) is 0 Å². The number of carbonyl (C=O) groups excluding carboxylic acids is 1. The smallest absolute Gasteiger partial charge is 0.331 e. The summed E-state index contributed by atoms with van der Waals surface area (Å²) in [6.07, 6.45) is 2.94. The number of methoxy groups -OCH3 is 2. The van der Waals surface area contributed by atoms with E-state index in [9.17, 15) is 4.79 Å². The highest BCUT2D eigenvalue weighted by atomic mass is 35.5. The Hall–Kier alpha value is -2.66. The van der Waals surface area contributed by atoms with Crippen molar-refractivity contribution in [1.82, 2.24) is 0 Å². The van der Waals surface area contributed by atoms with Gasteiger partial charge in [-0.25, -0.2) is 4.79 Å². The van der Waals surface area contributed by atoms with Crippen LogP contribution in [0.2, 0.25) is 5.02 Å². The van der Waals surface area contributed by atoms with Crippen molar-refractivity contribution < 1.29 is 23.7 Å². The fourth-order valence-corrected chi connectivity index (χ4v) is 2.61. The molecule has 0 radical (unpaired) electrons. The molecule has 0 unspecified atom stereocenters. The molecule has 6 heteroatoms. The molecule has 2 rings (SSSR count). The Kier molecular flexibility index (Phi) is 7.36. The average Bonchev–Trinajstić information content (AvgIpc) is 2.65. The number of benzene rings is 2. The lowest BCUT2D eigenvalue weighted by Gasteiger charge is -2.10. The molecule has 0 aromatic heterocycles. The molecule has 0 saturated heterocycles. The molecule has 2 aromatic rings. The Balaban J connectivity index is 2.03. The van der Waals surface area contributed by atoms with E-state index in [0.717, 1.165) is 5.56 Å². The summed E-state index contributed by atoms with van der Waals surface area (Å²) in [4.78, 5) is 12.0. The van der Waals surface area contributed by atoms with Crippen molar-refractivity contribution in [1.29, 1.82) is 0 Å². The van der Waals surface area contributed by atoms with Crippen LogP contribution in [0.5, 0.6) is 17.2 Å². The van der Waals surface area contributed by atoms with E-state index in [-0.39, 0.29) is 6.61 Å². The maximum atomic E-state index is 12.0. The maximum absolute atomic E-state index is 12.0. The molecule has 0 heterocycles. The molecule has 2 aromatic carbocycles. The number of para-hydroxylation sites is 1. The Labute approximate surface area is 158 Å². The van der Waals surface area contributed by atoms with Crippen LogP contribution < -0.4 is 14.2 Å². The number of carbonyl (C=O) groups is 1. The number of esters is 1. The summed E-state index contributed by atoms with van der Waals surface area (Å²) in [6, 6.07) is 10.8. The Morgan fingerprint density at radius 2 is 1.88 bits per heavy atom. The molecule has 138 valence electrons. The van der Waals surface area contributed by atoms with Gasteiger partial charge >= 0.3 is 5.97 Å². The Morgan fingerprint density at radius 3 is 2.58 bits per heavy atom. The summed E-state index contributed by atoms with van der Waals surface area (Å²) in [7, 11) is 3.03. The monoisotopic (exact) mass is 376 g/mol. The molecule has 0 aliphatic heterocycles. The molecule has 0 aliphatic rings. The van der Waals surface area contributed by atoms with Crippen molar-refractivity contribution in [2.24, 2.45) is 0 Å². The largest absolute Gasteiger partial charge is 0.493 e. The predicted molar refractivity (Wildman–Crippen MR) is 101 cm³/mol. The Morgan fingerprint density at radius 1 is 1.12 bits per heavy atom. The van der Waals surface area contributed by atoms with Crippen molar-refractivity contribution in [2.75, 3.05) is 20.8 Å². The molecule has 0 fully saturated rings. The van der Waals surface area contributed by atoms with E-state index in [4.69, 9.17) is 30.5 Å². The van der Waals surface area contributed by atoms with Crippen molar-refractivity contribution in [3.05, 3.63) is 58.6 Å². The standard InChI is InChI=1S/C20H21ClO5/c1-4-25-17-8-6-5-7-15(17)13-26-19(22)10-9-14-11-16(21)20(24-3)18(12-14)23-2/h5-12H,4,13H2,1-3H3/b10-9+. The quantitative estimate of drug-likeness (QED) is 0.501. The van der Waals surface area contributed by atoms with Gasteiger partial charge in [0, 0.05) is 11.6 Å². The zero-order valence-corrected chi connectivity index (χ0v) is 15.7. The summed E-state index contributed by atoms with van der Waals surface area (Å²) in [5, 5.41) is 0.394. The van der Waals surface area contributed by atoms with Gasteiger partial charge in [0.1, 0.15) is 12.4 Å². The zero-order valence-electron chi connectivity index (χ0n) is 15.0. The van der Waals surface area contributed by atoms with Gasteiger partial charge in [0.2, 0.25) is 0 Å².